The third-order valence-electron chi connectivity index (χ3n) is 7.29. The number of ether oxygens (including phenoxy) is 3. The van der Waals surface area contributed by atoms with Crippen molar-refractivity contribution in [3.05, 3.63) is 63.6 Å². The molecule has 1 N–H and O–H groups in total. The van der Waals surface area contributed by atoms with E-state index in [-0.39, 0.29) is 41.5 Å². The van der Waals surface area contributed by atoms with Crippen LogP contribution in [0.15, 0.2) is 46.9 Å². The highest BCUT2D eigenvalue weighted by atomic mass is 79.9. The highest BCUT2D eigenvalue weighted by Gasteiger charge is 2.64. The summed E-state index contributed by atoms with van der Waals surface area (Å²) >= 11 is 3.42. The number of nitrogens with one attached hydrogen (secondary N) is 1. The smallest absolute Gasteiger partial charge is 0.332 e. The second-order valence-corrected chi connectivity index (χ2v) is 13.6. The molecule has 0 atom stereocenters. The van der Waals surface area contributed by atoms with Crippen LogP contribution in [0.3, 0.4) is 0 Å². The molecule has 1 aliphatic carbocycles. The zero-order valence-electron chi connectivity index (χ0n) is 25.6. The summed E-state index contributed by atoms with van der Waals surface area (Å²) in [5, 5.41) is 12.4. The van der Waals surface area contributed by atoms with Crippen molar-refractivity contribution in [2.45, 2.75) is 85.5 Å². The number of rotatable bonds is 10. The van der Waals surface area contributed by atoms with Crippen LogP contribution in [0.25, 0.3) is 0 Å². The minimum Gasteiger partial charge on any atom is -0.489 e. The lowest BCUT2D eigenvalue weighted by Gasteiger charge is -2.63. The fourth-order valence-electron chi connectivity index (χ4n) is 5.62. The average Bonchev–Trinajstić information content (AvgIpc) is 2.90. The Morgan fingerprint density at radius 1 is 1.02 bits per heavy atom. The molecule has 42 heavy (non-hydrogen) atoms. The van der Waals surface area contributed by atoms with E-state index in [1.807, 2.05) is 39.0 Å². The van der Waals surface area contributed by atoms with Crippen LogP contribution >= 0.6 is 15.9 Å². The lowest BCUT2D eigenvalue weighted by Crippen LogP contribution is -2.74. The van der Waals surface area contributed by atoms with Gasteiger partial charge in [0.1, 0.15) is 30.1 Å². The van der Waals surface area contributed by atoms with Crippen molar-refractivity contribution in [3.8, 4) is 23.7 Å². The van der Waals surface area contributed by atoms with Gasteiger partial charge >= 0.3 is 5.97 Å². The van der Waals surface area contributed by atoms with Crippen LogP contribution in [-0.4, -0.2) is 42.8 Å². The summed E-state index contributed by atoms with van der Waals surface area (Å²) in [5.41, 5.74) is 0.843. The highest BCUT2D eigenvalue weighted by molar-refractivity contribution is 9.10. The molecule has 0 unspecified atom stereocenters. The Morgan fingerprint density at radius 2 is 1.69 bits per heavy atom. The lowest BCUT2D eigenvalue weighted by molar-refractivity contribution is -0.164. The van der Waals surface area contributed by atoms with Crippen molar-refractivity contribution in [3.63, 3.8) is 0 Å². The zero-order chi connectivity index (χ0) is 31.1. The van der Waals surface area contributed by atoms with Crippen molar-refractivity contribution in [1.29, 1.82) is 5.26 Å². The molecule has 0 spiro atoms. The lowest BCUT2D eigenvalue weighted by atomic mass is 9.49. The summed E-state index contributed by atoms with van der Waals surface area (Å²) in [6.45, 7) is 14.3. The van der Waals surface area contributed by atoms with E-state index in [9.17, 15) is 14.9 Å². The Morgan fingerprint density at radius 3 is 2.29 bits per heavy atom. The summed E-state index contributed by atoms with van der Waals surface area (Å²) < 4.78 is 17.6. The predicted octanol–water partition coefficient (Wildman–Crippen LogP) is 6.81. The number of benzene rings is 2. The number of carbonyl (C=O) groups excluding carboxylic acids is 2. The van der Waals surface area contributed by atoms with E-state index in [1.54, 1.807) is 24.3 Å². The first-order valence-electron chi connectivity index (χ1n) is 14.2. The summed E-state index contributed by atoms with van der Waals surface area (Å²) in [5.74, 6) is 6.49. The molecule has 1 aliphatic rings. The fourth-order valence-corrected chi connectivity index (χ4v) is 6.07. The van der Waals surface area contributed by atoms with E-state index in [2.05, 4.69) is 66.9 Å². The van der Waals surface area contributed by atoms with Gasteiger partial charge in [0.15, 0.2) is 0 Å². The Balaban J connectivity index is 1.46. The molecule has 0 aliphatic heterocycles. The second-order valence-electron chi connectivity index (χ2n) is 12.8. The van der Waals surface area contributed by atoms with Crippen LogP contribution < -0.4 is 10.1 Å². The first kappa shape index (κ1) is 33.2. The van der Waals surface area contributed by atoms with Gasteiger partial charge in [-0.15, -0.1) is 0 Å². The molecule has 224 valence electrons. The number of amides is 1. The molecule has 0 radical (unpaired) electrons. The molecule has 1 fully saturated rings. The molecule has 2 aromatic carbocycles. The molecule has 1 saturated carbocycles. The van der Waals surface area contributed by atoms with Gasteiger partial charge in [0.05, 0.1) is 5.56 Å². The minimum absolute atomic E-state index is 0.0380. The van der Waals surface area contributed by atoms with Gasteiger partial charge in [-0.2, -0.15) is 5.26 Å². The van der Waals surface area contributed by atoms with Gasteiger partial charge < -0.3 is 19.5 Å². The third-order valence-corrected chi connectivity index (χ3v) is 7.95. The van der Waals surface area contributed by atoms with Gasteiger partial charge in [0.25, 0.3) is 5.91 Å². The largest absolute Gasteiger partial charge is 0.489 e. The van der Waals surface area contributed by atoms with E-state index in [0.29, 0.717) is 34.4 Å². The molecule has 0 bridgehead atoms. The van der Waals surface area contributed by atoms with Crippen molar-refractivity contribution in [2.24, 2.45) is 10.8 Å². The number of nitriles is 1. The first-order valence-corrected chi connectivity index (χ1v) is 15.0. The Kier molecular flexibility index (Phi) is 10.9. The molecular formula is C34H41BrN2O5. The van der Waals surface area contributed by atoms with Gasteiger partial charge in [-0.3, -0.25) is 4.79 Å². The highest BCUT2D eigenvalue weighted by Crippen LogP contribution is 2.55. The maximum absolute atomic E-state index is 13.1. The maximum atomic E-state index is 13.1. The van der Waals surface area contributed by atoms with Gasteiger partial charge in [-0.25, -0.2) is 4.79 Å². The summed E-state index contributed by atoms with van der Waals surface area (Å²) in [4.78, 5) is 24.8. The molecular weight excluding hydrogens is 596 g/mol. The number of carbonyl (C=O) groups is 2. The monoisotopic (exact) mass is 636 g/mol. The van der Waals surface area contributed by atoms with Crippen LogP contribution in [0, 0.1) is 34.0 Å². The van der Waals surface area contributed by atoms with E-state index in [1.165, 1.54) is 0 Å². The number of halogens is 1. The normalized spacial score (nSPS) is 18.5. The molecule has 1 amide bonds. The number of hydrogen-bond donors (Lipinski definition) is 1. The number of nitrogens with zero attached hydrogens (tertiary/aromatic N) is 1. The zero-order valence-corrected chi connectivity index (χ0v) is 27.2. The van der Waals surface area contributed by atoms with Gasteiger partial charge in [0.2, 0.25) is 0 Å². The fraction of sp³-hybridized carbons (Fsp3) is 0.500. The quantitative estimate of drug-likeness (QED) is 0.175. The first-order chi connectivity index (χ1) is 19.6. The van der Waals surface area contributed by atoms with Crippen LogP contribution in [-0.2, 0) is 14.3 Å². The number of hydrogen-bond acceptors (Lipinski definition) is 6. The summed E-state index contributed by atoms with van der Waals surface area (Å²) in [6, 6.07) is 14.7. The average molecular weight is 638 g/mol. The molecule has 0 saturated heterocycles. The maximum Gasteiger partial charge on any atom is 0.332 e. The second kappa shape index (κ2) is 13.8. The summed E-state index contributed by atoms with van der Waals surface area (Å²) in [7, 11) is 0. The van der Waals surface area contributed by atoms with Gasteiger partial charge in [0, 0.05) is 45.5 Å². The van der Waals surface area contributed by atoms with Gasteiger partial charge in [-0.1, -0.05) is 39.5 Å². The van der Waals surface area contributed by atoms with Crippen molar-refractivity contribution >= 4 is 27.8 Å². The number of unbranched alkanes of at least 4 members (excludes halogenated alkanes) is 2. The molecule has 0 aromatic heterocycles. The SMILES string of the molecule is CC(C)(C)OC(=O)COCCCCC#Cc1ccc(C(=O)N[C@H]2C(C)(C)[C@H](Oc3ccc(C#N)c(Br)c3)C2(C)C)cc1. The molecule has 0 heterocycles. The summed E-state index contributed by atoms with van der Waals surface area (Å²) in [6.07, 6.45) is 2.25. The van der Waals surface area contributed by atoms with E-state index in [4.69, 9.17) is 14.2 Å². The standard InChI is InChI=1S/C34H41BrN2O5/c1-32(2,3)42-28(38)22-40-19-11-9-8-10-12-23-13-15-24(16-14-23)29(39)37-30-33(4,5)31(34(30,6)7)41-26-18-17-25(21-36)27(35)20-26/h13-18,20,30-31H,8-9,11,19,22H2,1-7H3,(H,37,39)/t30-,31-. The molecule has 2 aromatic rings. The predicted molar refractivity (Wildman–Crippen MR) is 166 cm³/mol. The molecule has 3 rings (SSSR count). The third kappa shape index (κ3) is 8.60. The van der Waals surface area contributed by atoms with Crippen LogP contribution in [0.5, 0.6) is 5.75 Å². The Labute approximate surface area is 258 Å². The van der Waals surface area contributed by atoms with Crippen LogP contribution in [0.2, 0.25) is 0 Å². The van der Waals surface area contributed by atoms with Gasteiger partial charge in [-0.05, 0) is 92.0 Å². The molecule has 7 nitrogen and oxygen atoms in total. The topological polar surface area (TPSA) is 97.7 Å². The van der Waals surface area contributed by atoms with Crippen molar-refractivity contribution in [1.82, 2.24) is 5.32 Å². The Bertz CT molecular complexity index is 1360. The number of esters is 1. The van der Waals surface area contributed by atoms with E-state index in [0.717, 1.165) is 18.4 Å². The Hall–Kier alpha value is -3.33. The minimum atomic E-state index is -0.506. The van der Waals surface area contributed by atoms with Crippen LogP contribution in [0.1, 0.15) is 89.2 Å². The van der Waals surface area contributed by atoms with E-state index < -0.39 is 5.60 Å². The molecule has 8 heteroatoms. The van der Waals surface area contributed by atoms with Crippen molar-refractivity contribution in [2.75, 3.05) is 13.2 Å². The van der Waals surface area contributed by atoms with Crippen LogP contribution in [0.4, 0.5) is 0 Å². The van der Waals surface area contributed by atoms with Crippen molar-refractivity contribution < 1.29 is 23.8 Å². The van der Waals surface area contributed by atoms with E-state index >= 15 is 0 Å².